The second-order valence-corrected chi connectivity index (χ2v) is 7.31. The van der Waals surface area contributed by atoms with E-state index in [4.69, 9.17) is 9.15 Å². The molecule has 1 atom stereocenters. The summed E-state index contributed by atoms with van der Waals surface area (Å²) in [5, 5.41) is 0.863. The zero-order chi connectivity index (χ0) is 20.0. The molecule has 3 aromatic rings. The number of ether oxygens (including phenoxy) is 1. The minimum absolute atomic E-state index is 0.0838. The number of hydrogen-bond acceptors (Lipinski definition) is 5. The summed E-state index contributed by atoms with van der Waals surface area (Å²) < 4.78 is 11.2. The van der Waals surface area contributed by atoms with Gasteiger partial charge in [0, 0.05) is 30.0 Å². The van der Waals surface area contributed by atoms with Gasteiger partial charge in [-0.15, -0.1) is 0 Å². The fraction of sp³-hybridized carbons (Fsp3) is 0.381. The molecule has 0 saturated carbocycles. The van der Waals surface area contributed by atoms with Crippen LogP contribution in [0.3, 0.4) is 0 Å². The van der Waals surface area contributed by atoms with Crippen LogP contribution in [0, 0.1) is 20.8 Å². The summed E-state index contributed by atoms with van der Waals surface area (Å²) in [6.07, 6.45) is 0.0824. The number of fused-ring (bicyclic) bond motifs is 2. The molecule has 0 spiro atoms. The molecule has 28 heavy (non-hydrogen) atoms. The molecule has 1 unspecified atom stereocenters. The first-order chi connectivity index (χ1) is 13.3. The molecule has 7 nitrogen and oxygen atoms in total. The first-order valence-electron chi connectivity index (χ1n) is 9.37. The summed E-state index contributed by atoms with van der Waals surface area (Å²) in [5.74, 6) is 1.28. The van der Waals surface area contributed by atoms with Gasteiger partial charge in [0.2, 0.25) is 0 Å². The third kappa shape index (κ3) is 3.17. The molecular formula is C21H23N3O4. The van der Waals surface area contributed by atoms with Crippen molar-refractivity contribution in [3.05, 3.63) is 57.0 Å². The molecule has 1 aliphatic heterocycles. The lowest BCUT2D eigenvalue weighted by Crippen LogP contribution is -2.43. The van der Waals surface area contributed by atoms with Crippen molar-refractivity contribution in [2.24, 2.45) is 0 Å². The van der Waals surface area contributed by atoms with Gasteiger partial charge in [-0.25, -0.2) is 9.78 Å². The number of carbonyl (C=O) groups is 1. The van der Waals surface area contributed by atoms with Crippen LogP contribution in [0.5, 0.6) is 5.75 Å². The Balaban J connectivity index is 1.51. The van der Waals surface area contributed by atoms with Crippen LogP contribution in [-0.4, -0.2) is 33.4 Å². The van der Waals surface area contributed by atoms with Crippen molar-refractivity contribution in [1.29, 1.82) is 0 Å². The summed E-state index contributed by atoms with van der Waals surface area (Å²) in [4.78, 5) is 34.2. The monoisotopic (exact) mass is 381 g/mol. The molecule has 1 aliphatic rings. The second-order valence-electron chi connectivity index (χ2n) is 7.31. The molecule has 3 heterocycles. The third-order valence-electron chi connectivity index (χ3n) is 5.35. The van der Waals surface area contributed by atoms with Crippen LogP contribution in [0.1, 0.15) is 35.3 Å². The number of nitrogens with zero attached hydrogens (tertiary/aromatic N) is 2. The normalized spacial score (nSPS) is 14.8. The van der Waals surface area contributed by atoms with Crippen molar-refractivity contribution in [2.75, 3.05) is 6.54 Å². The molecule has 0 aliphatic carbocycles. The van der Waals surface area contributed by atoms with Gasteiger partial charge in [-0.1, -0.05) is 0 Å². The van der Waals surface area contributed by atoms with Gasteiger partial charge in [-0.2, -0.15) is 0 Å². The Morgan fingerprint density at radius 2 is 2.07 bits per heavy atom. The number of aromatic amines is 1. The first kappa shape index (κ1) is 18.3. The Labute approximate surface area is 162 Å². The fourth-order valence-electron chi connectivity index (χ4n) is 3.64. The highest BCUT2D eigenvalue weighted by Crippen LogP contribution is 2.25. The van der Waals surface area contributed by atoms with Crippen LogP contribution in [0.2, 0.25) is 0 Å². The number of amides is 1. The van der Waals surface area contributed by atoms with E-state index in [1.54, 1.807) is 30.9 Å². The predicted molar refractivity (Wildman–Crippen MR) is 104 cm³/mol. The Hall–Kier alpha value is -3.09. The van der Waals surface area contributed by atoms with Crippen LogP contribution >= 0.6 is 0 Å². The van der Waals surface area contributed by atoms with E-state index < -0.39 is 6.10 Å². The number of hydrogen-bond donors (Lipinski definition) is 1. The van der Waals surface area contributed by atoms with E-state index in [0.29, 0.717) is 30.0 Å². The van der Waals surface area contributed by atoms with Gasteiger partial charge >= 0.3 is 5.63 Å². The number of benzene rings is 1. The molecule has 0 bridgehead atoms. The van der Waals surface area contributed by atoms with E-state index >= 15 is 0 Å². The maximum Gasteiger partial charge on any atom is 0.339 e. The summed E-state index contributed by atoms with van der Waals surface area (Å²) in [7, 11) is 0. The van der Waals surface area contributed by atoms with Crippen molar-refractivity contribution in [3.63, 3.8) is 0 Å². The van der Waals surface area contributed by atoms with Crippen LogP contribution in [0.25, 0.3) is 11.0 Å². The van der Waals surface area contributed by atoms with E-state index in [9.17, 15) is 9.59 Å². The highest BCUT2D eigenvalue weighted by atomic mass is 16.5. The Bertz CT molecular complexity index is 1130. The van der Waals surface area contributed by atoms with E-state index in [2.05, 4.69) is 9.97 Å². The zero-order valence-electron chi connectivity index (χ0n) is 16.5. The SMILES string of the molecule is Cc1nc2c([nH]1)CN(C(=O)C(C)Oc1ccc3c(C)c(C)c(=O)oc3c1)CC2. The van der Waals surface area contributed by atoms with E-state index in [0.717, 1.165) is 34.6 Å². The van der Waals surface area contributed by atoms with Gasteiger partial charge < -0.3 is 19.0 Å². The molecule has 7 heteroatoms. The van der Waals surface area contributed by atoms with Crippen LogP contribution in [0.15, 0.2) is 27.4 Å². The Kier molecular flexibility index (Phi) is 4.45. The molecule has 0 radical (unpaired) electrons. The van der Waals surface area contributed by atoms with Crippen molar-refractivity contribution in [1.82, 2.24) is 14.9 Å². The van der Waals surface area contributed by atoms with E-state index in [-0.39, 0.29) is 11.5 Å². The molecule has 0 saturated heterocycles. The number of aryl methyl sites for hydroxylation is 2. The summed E-state index contributed by atoms with van der Waals surface area (Å²) >= 11 is 0. The van der Waals surface area contributed by atoms with E-state index in [1.807, 2.05) is 19.9 Å². The molecule has 146 valence electrons. The molecule has 1 aromatic carbocycles. The number of carbonyl (C=O) groups excluding carboxylic acids is 1. The van der Waals surface area contributed by atoms with Crippen LogP contribution < -0.4 is 10.4 Å². The average Bonchev–Trinajstić information content (AvgIpc) is 3.04. The minimum Gasteiger partial charge on any atom is -0.481 e. The lowest BCUT2D eigenvalue weighted by molar-refractivity contribution is -0.139. The lowest BCUT2D eigenvalue weighted by atomic mass is 10.1. The van der Waals surface area contributed by atoms with Gasteiger partial charge in [0.15, 0.2) is 6.10 Å². The van der Waals surface area contributed by atoms with Gasteiger partial charge in [-0.05, 0) is 45.4 Å². The number of nitrogens with one attached hydrogen (secondary N) is 1. The van der Waals surface area contributed by atoms with Gasteiger partial charge in [0.25, 0.3) is 5.91 Å². The largest absolute Gasteiger partial charge is 0.481 e. The molecule has 4 rings (SSSR count). The molecule has 0 fully saturated rings. The number of imidazole rings is 1. The zero-order valence-corrected chi connectivity index (χ0v) is 16.5. The van der Waals surface area contributed by atoms with Crippen LogP contribution in [-0.2, 0) is 17.8 Å². The Morgan fingerprint density at radius 1 is 1.29 bits per heavy atom. The number of H-pyrrole nitrogens is 1. The van der Waals surface area contributed by atoms with Gasteiger partial charge in [0.1, 0.15) is 17.2 Å². The highest BCUT2D eigenvalue weighted by Gasteiger charge is 2.27. The number of aromatic nitrogens is 2. The first-order valence-corrected chi connectivity index (χ1v) is 9.37. The third-order valence-corrected chi connectivity index (χ3v) is 5.35. The fourth-order valence-corrected chi connectivity index (χ4v) is 3.64. The standard InChI is InChI=1S/C21H23N3O4/c1-11-12(2)21(26)28-19-9-15(5-6-16(11)19)27-13(3)20(25)24-8-7-17-18(10-24)23-14(4)22-17/h5-6,9,13H,7-8,10H2,1-4H3,(H,22,23). The second kappa shape index (κ2) is 6.82. The van der Waals surface area contributed by atoms with Gasteiger partial charge in [0.05, 0.1) is 17.9 Å². The molecule has 1 amide bonds. The minimum atomic E-state index is -0.652. The van der Waals surface area contributed by atoms with Crippen LogP contribution in [0.4, 0.5) is 0 Å². The van der Waals surface area contributed by atoms with Crippen molar-refractivity contribution >= 4 is 16.9 Å². The molecular weight excluding hydrogens is 358 g/mol. The Morgan fingerprint density at radius 3 is 2.86 bits per heavy atom. The lowest BCUT2D eigenvalue weighted by Gasteiger charge is -2.28. The maximum atomic E-state index is 12.8. The summed E-state index contributed by atoms with van der Waals surface area (Å²) in [6.45, 7) is 8.41. The predicted octanol–water partition coefficient (Wildman–Crippen LogP) is 2.79. The smallest absolute Gasteiger partial charge is 0.339 e. The number of rotatable bonds is 3. The van der Waals surface area contributed by atoms with E-state index in [1.165, 1.54) is 0 Å². The van der Waals surface area contributed by atoms with Gasteiger partial charge in [-0.3, -0.25) is 4.79 Å². The van der Waals surface area contributed by atoms with Crippen molar-refractivity contribution in [2.45, 2.75) is 46.8 Å². The molecule has 1 N–H and O–H groups in total. The summed E-state index contributed by atoms with van der Waals surface area (Å²) in [6, 6.07) is 5.32. The van der Waals surface area contributed by atoms with Crippen molar-refractivity contribution in [3.8, 4) is 5.75 Å². The topological polar surface area (TPSA) is 88.4 Å². The quantitative estimate of drug-likeness (QED) is 0.705. The summed E-state index contributed by atoms with van der Waals surface area (Å²) in [5.41, 5.74) is 3.61. The average molecular weight is 381 g/mol. The highest BCUT2D eigenvalue weighted by molar-refractivity contribution is 5.83. The maximum absolute atomic E-state index is 12.8. The van der Waals surface area contributed by atoms with Crippen molar-refractivity contribution < 1.29 is 13.9 Å². The molecule has 2 aromatic heterocycles.